The highest BCUT2D eigenvalue weighted by molar-refractivity contribution is 5.81. The number of aliphatic hydroxyl groups is 1. The fourth-order valence-electron chi connectivity index (χ4n) is 1.47. The van der Waals surface area contributed by atoms with E-state index in [4.69, 9.17) is 9.47 Å². The van der Waals surface area contributed by atoms with Crippen molar-refractivity contribution in [3.8, 4) is 0 Å². The standard InChI is InChI=1S/C15H20O4/c1-2-19-15(17)10-6-9-14(16)12-18-11-13-7-4-3-5-8-13/h3-8,10,14,16H,2,9,11-12H2,1H3/b10-6+/t14-/m0/s1. The van der Waals surface area contributed by atoms with E-state index in [0.717, 1.165) is 5.56 Å². The zero-order chi connectivity index (χ0) is 13.9. The van der Waals surface area contributed by atoms with Crippen molar-refractivity contribution in [3.63, 3.8) is 0 Å². The quantitative estimate of drug-likeness (QED) is 0.577. The number of benzene rings is 1. The molecule has 0 fully saturated rings. The maximum absolute atomic E-state index is 11.0. The largest absolute Gasteiger partial charge is 0.463 e. The first kappa shape index (κ1) is 15.4. The summed E-state index contributed by atoms with van der Waals surface area (Å²) < 4.78 is 10.1. The molecule has 0 aromatic heterocycles. The predicted molar refractivity (Wildman–Crippen MR) is 72.5 cm³/mol. The third-order valence-corrected chi connectivity index (χ3v) is 2.37. The maximum Gasteiger partial charge on any atom is 0.330 e. The molecule has 0 aliphatic carbocycles. The molecule has 1 N–H and O–H groups in total. The van der Waals surface area contributed by atoms with E-state index in [1.807, 2.05) is 30.3 Å². The second-order valence-corrected chi connectivity index (χ2v) is 4.04. The van der Waals surface area contributed by atoms with Gasteiger partial charge in [0.2, 0.25) is 0 Å². The number of hydrogen-bond acceptors (Lipinski definition) is 4. The van der Waals surface area contributed by atoms with Crippen molar-refractivity contribution in [3.05, 3.63) is 48.0 Å². The molecule has 0 saturated heterocycles. The number of carbonyl (C=O) groups excluding carboxylic acids is 1. The van der Waals surface area contributed by atoms with Crippen LogP contribution in [0.25, 0.3) is 0 Å². The molecule has 0 amide bonds. The van der Waals surface area contributed by atoms with Gasteiger partial charge in [-0.05, 0) is 18.9 Å². The summed E-state index contributed by atoms with van der Waals surface area (Å²) in [5.41, 5.74) is 1.07. The minimum atomic E-state index is -0.616. The highest BCUT2D eigenvalue weighted by Gasteiger charge is 2.02. The van der Waals surface area contributed by atoms with Gasteiger partial charge in [0.05, 0.1) is 25.9 Å². The number of esters is 1. The number of aliphatic hydroxyl groups excluding tert-OH is 1. The minimum Gasteiger partial charge on any atom is -0.463 e. The molecule has 0 heterocycles. The van der Waals surface area contributed by atoms with Gasteiger partial charge in [-0.2, -0.15) is 0 Å². The van der Waals surface area contributed by atoms with Crippen LogP contribution in [0.15, 0.2) is 42.5 Å². The Morgan fingerprint density at radius 3 is 2.79 bits per heavy atom. The molecule has 1 aromatic rings. The lowest BCUT2D eigenvalue weighted by atomic mass is 10.2. The fraction of sp³-hybridized carbons (Fsp3) is 0.400. The molecule has 0 spiro atoms. The Kier molecular flexibility index (Phi) is 7.54. The van der Waals surface area contributed by atoms with E-state index in [-0.39, 0.29) is 12.6 Å². The topological polar surface area (TPSA) is 55.8 Å². The van der Waals surface area contributed by atoms with Crippen molar-refractivity contribution in [1.29, 1.82) is 0 Å². The molecule has 1 rings (SSSR count). The van der Waals surface area contributed by atoms with Gasteiger partial charge in [-0.15, -0.1) is 0 Å². The van der Waals surface area contributed by atoms with Gasteiger partial charge in [-0.1, -0.05) is 36.4 Å². The molecular weight excluding hydrogens is 244 g/mol. The van der Waals surface area contributed by atoms with Gasteiger partial charge in [0, 0.05) is 6.08 Å². The first-order valence-corrected chi connectivity index (χ1v) is 6.35. The minimum absolute atomic E-state index is 0.238. The molecular formula is C15H20O4. The molecule has 104 valence electrons. The molecule has 1 aromatic carbocycles. The van der Waals surface area contributed by atoms with E-state index in [2.05, 4.69) is 0 Å². The second kappa shape index (κ2) is 9.30. The van der Waals surface area contributed by atoms with Crippen molar-refractivity contribution in [1.82, 2.24) is 0 Å². The van der Waals surface area contributed by atoms with Crippen LogP contribution in [0.5, 0.6) is 0 Å². The highest BCUT2D eigenvalue weighted by atomic mass is 16.5. The molecule has 0 bridgehead atoms. The van der Waals surface area contributed by atoms with Gasteiger partial charge in [0.1, 0.15) is 0 Å². The molecule has 4 heteroatoms. The Bertz CT molecular complexity index is 386. The van der Waals surface area contributed by atoms with Gasteiger partial charge in [0.25, 0.3) is 0 Å². The van der Waals surface area contributed by atoms with Gasteiger partial charge in [0.15, 0.2) is 0 Å². The highest BCUT2D eigenvalue weighted by Crippen LogP contribution is 2.02. The summed E-state index contributed by atoms with van der Waals surface area (Å²) in [5, 5.41) is 9.64. The van der Waals surface area contributed by atoms with E-state index >= 15 is 0 Å². The summed E-state index contributed by atoms with van der Waals surface area (Å²) in [6, 6.07) is 9.76. The zero-order valence-electron chi connectivity index (χ0n) is 11.1. The lowest BCUT2D eigenvalue weighted by Crippen LogP contribution is -2.14. The van der Waals surface area contributed by atoms with Crippen molar-refractivity contribution >= 4 is 5.97 Å². The van der Waals surface area contributed by atoms with Crippen LogP contribution in [-0.4, -0.2) is 30.4 Å². The van der Waals surface area contributed by atoms with Crippen molar-refractivity contribution in [2.45, 2.75) is 26.1 Å². The molecule has 0 unspecified atom stereocenters. The summed E-state index contributed by atoms with van der Waals surface area (Å²) in [6.45, 7) is 2.81. The first-order chi connectivity index (χ1) is 9.22. The van der Waals surface area contributed by atoms with E-state index in [1.165, 1.54) is 6.08 Å². The van der Waals surface area contributed by atoms with E-state index in [0.29, 0.717) is 19.6 Å². The van der Waals surface area contributed by atoms with Crippen LogP contribution in [-0.2, 0) is 20.9 Å². The van der Waals surface area contributed by atoms with Gasteiger partial charge in [-0.3, -0.25) is 0 Å². The Labute approximate surface area is 113 Å². The van der Waals surface area contributed by atoms with E-state index in [9.17, 15) is 9.90 Å². The monoisotopic (exact) mass is 264 g/mol. The third kappa shape index (κ3) is 7.39. The van der Waals surface area contributed by atoms with Crippen LogP contribution in [0, 0.1) is 0 Å². The Balaban J connectivity index is 2.14. The molecule has 0 radical (unpaired) electrons. The van der Waals surface area contributed by atoms with Crippen LogP contribution >= 0.6 is 0 Å². The van der Waals surface area contributed by atoms with Crippen LogP contribution < -0.4 is 0 Å². The van der Waals surface area contributed by atoms with E-state index < -0.39 is 6.10 Å². The van der Waals surface area contributed by atoms with Crippen LogP contribution in [0.1, 0.15) is 18.9 Å². The Hall–Kier alpha value is -1.65. The van der Waals surface area contributed by atoms with Crippen LogP contribution in [0.3, 0.4) is 0 Å². The zero-order valence-corrected chi connectivity index (χ0v) is 11.1. The molecule has 0 saturated carbocycles. The Morgan fingerprint density at radius 1 is 1.37 bits per heavy atom. The summed E-state index contributed by atoms with van der Waals surface area (Å²) in [4.78, 5) is 11.0. The van der Waals surface area contributed by atoms with Crippen molar-refractivity contribution in [2.24, 2.45) is 0 Å². The number of carbonyl (C=O) groups is 1. The SMILES string of the molecule is CCOC(=O)/C=C/C[C@H](O)COCc1ccccc1. The van der Waals surface area contributed by atoms with Gasteiger partial charge < -0.3 is 14.6 Å². The number of rotatable bonds is 8. The van der Waals surface area contributed by atoms with Crippen molar-refractivity contribution < 1.29 is 19.4 Å². The summed E-state index contributed by atoms with van der Waals surface area (Å²) in [7, 11) is 0. The average Bonchev–Trinajstić information content (AvgIpc) is 2.40. The molecule has 19 heavy (non-hydrogen) atoms. The molecule has 4 nitrogen and oxygen atoms in total. The number of ether oxygens (including phenoxy) is 2. The van der Waals surface area contributed by atoms with Gasteiger partial charge in [-0.25, -0.2) is 4.79 Å². The second-order valence-electron chi connectivity index (χ2n) is 4.04. The maximum atomic E-state index is 11.0. The summed E-state index contributed by atoms with van der Waals surface area (Å²) >= 11 is 0. The normalized spacial score (nSPS) is 12.5. The summed E-state index contributed by atoms with van der Waals surface area (Å²) in [6.07, 6.45) is 2.67. The van der Waals surface area contributed by atoms with Crippen molar-refractivity contribution in [2.75, 3.05) is 13.2 Å². The lowest BCUT2D eigenvalue weighted by Gasteiger charge is -2.09. The predicted octanol–water partition coefficient (Wildman–Crippen LogP) is 2.07. The van der Waals surface area contributed by atoms with E-state index in [1.54, 1.807) is 13.0 Å². The van der Waals surface area contributed by atoms with Crippen LogP contribution in [0.4, 0.5) is 0 Å². The fourth-order valence-corrected chi connectivity index (χ4v) is 1.47. The number of hydrogen-bond donors (Lipinski definition) is 1. The smallest absolute Gasteiger partial charge is 0.330 e. The lowest BCUT2D eigenvalue weighted by molar-refractivity contribution is -0.137. The molecule has 0 aliphatic rings. The first-order valence-electron chi connectivity index (χ1n) is 6.35. The molecule has 0 aliphatic heterocycles. The van der Waals surface area contributed by atoms with Crippen LogP contribution in [0.2, 0.25) is 0 Å². The summed E-state index contributed by atoms with van der Waals surface area (Å²) in [5.74, 6) is -0.389. The third-order valence-electron chi connectivity index (χ3n) is 2.37. The van der Waals surface area contributed by atoms with Gasteiger partial charge >= 0.3 is 5.97 Å². The average molecular weight is 264 g/mol. The Morgan fingerprint density at radius 2 is 2.11 bits per heavy atom. The molecule has 1 atom stereocenters.